The Kier molecular flexibility index (Phi) is 4.34. The van der Waals surface area contributed by atoms with Crippen LogP contribution >= 0.6 is 11.6 Å². The molecule has 0 amide bonds. The fourth-order valence-electron chi connectivity index (χ4n) is 1.98. The van der Waals surface area contributed by atoms with Gasteiger partial charge in [0.2, 0.25) is 0 Å². The lowest BCUT2D eigenvalue weighted by molar-refractivity contribution is -0.141. The first kappa shape index (κ1) is 14.5. The van der Waals surface area contributed by atoms with E-state index in [2.05, 4.69) is 15.5 Å². The van der Waals surface area contributed by atoms with Crippen LogP contribution in [0.4, 0.5) is 0 Å². The van der Waals surface area contributed by atoms with Gasteiger partial charge in [-0.15, -0.1) is 5.10 Å². The Morgan fingerprint density at radius 2 is 2.10 bits per heavy atom. The minimum absolute atomic E-state index is 0.208. The zero-order valence-corrected chi connectivity index (χ0v) is 11.9. The molecule has 1 heterocycles. The topological polar surface area (TPSA) is 80.9 Å². The lowest BCUT2D eigenvalue weighted by atomic mass is 10.0. The fourth-order valence-corrected chi connectivity index (χ4v) is 2.20. The second-order valence-electron chi connectivity index (χ2n) is 4.91. The zero-order valence-electron chi connectivity index (χ0n) is 11.2. The van der Waals surface area contributed by atoms with E-state index in [-0.39, 0.29) is 5.92 Å². The molecule has 0 saturated heterocycles. The number of carboxylic acid groups (broad SMARTS) is 1. The predicted molar refractivity (Wildman–Crippen MR) is 74.4 cm³/mol. The summed E-state index contributed by atoms with van der Waals surface area (Å²) in [5, 5.41) is 21.2. The van der Waals surface area contributed by atoms with Crippen molar-refractivity contribution in [2.24, 2.45) is 5.92 Å². The van der Waals surface area contributed by atoms with Gasteiger partial charge in [0, 0.05) is 5.56 Å². The summed E-state index contributed by atoms with van der Waals surface area (Å²) in [7, 11) is 0. The molecule has 20 heavy (non-hydrogen) atoms. The smallest absolute Gasteiger partial charge is 0.328 e. The van der Waals surface area contributed by atoms with Gasteiger partial charge < -0.3 is 5.11 Å². The minimum atomic E-state index is -0.959. The molecule has 0 bridgehead atoms. The molecule has 1 unspecified atom stereocenters. The van der Waals surface area contributed by atoms with Gasteiger partial charge in [0.25, 0.3) is 0 Å². The normalized spacial score (nSPS) is 12.6. The largest absolute Gasteiger partial charge is 0.480 e. The van der Waals surface area contributed by atoms with Gasteiger partial charge in [0.1, 0.15) is 0 Å². The zero-order chi connectivity index (χ0) is 14.7. The first-order chi connectivity index (χ1) is 9.50. The number of nitrogens with zero attached hydrogens (tertiary/aromatic N) is 4. The molecule has 106 valence electrons. The van der Waals surface area contributed by atoms with Gasteiger partial charge in [-0.2, -0.15) is 0 Å². The molecular formula is C13H15ClN4O2. The standard InChI is InChI=1S/C13H15ClN4O2/c1-8(2)7-11(13(19)20)18-12(15-16-17-18)9-5-3-4-6-10(9)14/h3-6,8,11H,7H2,1-2H3,(H,19,20). The van der Waals surface area contributed by atoms with Crippen molar-refractivity contribution in [3.8, 4) is 11.4 Å². The number of halogens is 1. The van der Waals surface area contributed by atoms with Crippen LogP contribution in [0, 0.1) is 5.92 Å². The highest BCUT2D eigenvalue weighted by Gasteiger charge is 2.26. The highest BCUT2D eigenvalue weighted by Crippen LogP contribution is 2.28. The summed E-state index contributed by atoms with van der Waals surface area (Å²) in [6, 6.07) is 6.27. The number of hydrogen-bond acceptors (Lipinski definition) is 4. The molecule has 1 atom stereocenters. The van der Waals surface area contributed by atoms with Gasteiger partial charge in [-0.05, 0) is 34.9 Å². The lowest BCUT2D eigenvalue weighted by Crippen LogP contribution is -2.23. The Morgan fingerprint density at radius 3 is 2.70 bits per heavy atom. The van der Waals surface area contributed by atoms with Crippen molar-refractivity contribution in [3.63, 3.8) is 0 Å². The number of carboxylic acids is 1. The van der Waals surface area contributed by atoms with E-state index in [1.54, 1.807) is 24.3 Å². The molecule has 0 aliphatic carbocycles. The molecule has 7 heteroatoms. The molecule has 0 aliphatic rings. The van der Waals surface area contributed by atoms with Crippen molar-refractivity contribution >= 4 is 17.6 Å². The Bertz CT molecular complexity index is 612. The van der Waals surface area contributed by atoms with Gasteiger partial charge >= 0.3 is 5.97 Å². The summed E-state index contributed by atoms with van der Waals surface area (Å²) in [6.07, 6.45) is 0.442. The average Bonchev–Trinajstić information content (AvgIpc) is 2.84. The molecular weight excluding hydrogens is 280 g/mol. The highest BCUT2D eigenvalue weighted by molar-refractivity contribution is 6.33. The Morgan fingerprint density at radius 1 is 1.40 bits per heavy atom. The van der Waals surface area contributed by atoms with E-state index >= 15 is 0 Å². The number of benzene rings is 1. The molecule has 1 N–H and O–H groups in total. The molecule has 6 nitrogen and oxygen atoms in total. The minimum Gasteiger partial charge on any atom is -0.480 e. The average molecular weight is 295 g/mol. The SMILES string of the molecule is CC(C)CC(C(=O)O)n1nnnc1-c1ccccc1Cl. The summed E-state index contributed by atoms with van der Waals surface area (Å²) < 4.78 is 1.32. The van der Waals surface area contributed by atoms with E-state index in [4.69, 9.17) is 11.6 Å². The van der Waals surface area contributed by atoms with Gasteiger partial charge in [-0.25, -0.2) is 9.48 Å². The van der Waals surface area contributed by atoms with Crippen molar-refractivity contribution in [1.29, 1.82) is 0 Å². The van der Waals surface area contributed by atoms with Crippen LogP contribution in [0.1, 0.15) is 26.3 Å². The Hall–Kier alpha value is -1.95. The molecule has 0 fully saturated rings. The molecule has 1 aromatic carbocycles. The summed E-state index contributed by atoms with van der Waals surface area (Å²) in [4.78, 5) is 11.5. The maximum Gasteiger partial charge on any atom is 0.328 e. The van der Waals surface area contributed by atoms with Crippen molar-refractivity contribution in [2.45, 2.75) is 26.3 Å². The summed E-state index contributed by atoms with van der Waals surface area (Å²) in [5.41, 5.74) is 0.620. The van der Waals surface area contributed by atoms with Gasteiger partial charge in [-0.1, -0.05) is 37.6 Å². The molecule has 0 saturated carbocycles. The number of rotatable bonds is 5. The summed E-state index contributed by atoms with van der Waals surface area (Å²) >= 11 is 6.12. The van der Waals surface area contributed by atoms with Crippen LogP contribution in [0.3, 0.4) is 0 Å². The van der Waals surface area contributed by atoms with E-state index in [0.717, 1.165) is 0 Å². The molecule has 2 rings (SSSR count). The maximum atomic E-state index is 11.5. The van der Waals surface area contributed by atoms with E-state index in [9.17, 15) is 9.90 Å². The maximum absolute atomic E-state index is 11.5. The van der Waals surface area contributed by atoms with E-state index < -0.39 is 12.0 Å². The number of aliphatic carboxylic acids is 1. The van der Waals surface area contributed by atoms with Gasteiger partial charge in [0.05, 0.1) is 5.02 Å². The van der Waals surface area contributed by atoms with Crippen molar-refractivity contribution in [1.82, 2.24) is 20.2 Å². The lowest BCUT2D eigenvalue weighted by Gasteiger charge is -2.16. The van der Waals surface area contributed by atoms with Crippen LogP contribution in [0.5, 0.6) is 0 Å². The monoisotopic (exact) mass is 294 g/mol. The van der Waals surface area contributed by atoms with Gasteiger partial charge in [0.15, 0.2) is 11.9 Å². The molecule has 2 aromatic rings. The van der Waals surface area contributed by atoms with E-state index in [0.29, 0.717) is 22.8 Å². The van der Waals surface area contributed by atoms with Crippen LogP contribution in [0.25, 0.3) is 11.4 Å². The number of aromatic nitrogens is 4. The molecule has 0 radical (unpaired) electrons. The Labute approximate surface area is 121 Å². The van der Waals surface area contributed by atoms with Crippen molar-refractivity contribution < 1.29 is 9.90 Å². The number of tetrazole rings is 1. The first-order valence-corrected chi connectivity index (χ1v) is 6.64. The van der Waals surface area contributed by atoms with E-state index in [1.165, 1.54) is 4.68 Å². The Balaban J connectivity index is 2.46. The predicted octanol–water partition coefficient (Wildman–Crippen LogP) is 2.67. The van der Waals surface area contributed by atoms with Crippen LogP contribution in [-0.4, -0.2) is 31.3 Å². The molecule has 0 spiro atoms. The van der Waals surface area contributed by atoms with Crippen LogP contribution in [0.15, 0.2) is 24.3 Å². The summed E-state index contributed by atoms with van der Waals surface area (Å²) in [5.74, 6) is -0.387. The summed E-state index contributed by atoms with van der Waals surface area (Å²) in [6.45, 7) is 3.91. The third-order valence-electron chi connectivity index (χ3n) is 2.88. The third-order valence-corrected chi connectivity index (χ3v) is 3.21. The van der Waals surface area contributed by atoms with E-state index in [1.807, 2.05) is 13.8 Å². The van der Waals surface area contributed by atoms with Gasteiger partial charge in [-0.3, -0.25) is 0 Å². The second kappa shape index (κ2) is 6.00. The fraction of sp³-hybridized carbons (Fsp3) is 0.385. The number of hydrogen-bond donors (Lipinski definition) is 1. The first-order valence-electron chi connectivity index (χ1n) is 6.26. The molecule has 1 aromatic heterocycles. The quantitative estimate of drug-likeness (QED) is 0.917. The van der Waals surface area contributed by atoms with Crippen LogP contribution in [0.2, 0.25) is 5.02 Å². The van der Waals surface area contributed by atoms with Crippen molar-refractivity contribution in [2.75, 3.05) is 0 Å². The third kappa shape index (κ3) is 2.96. The highest BCUT2D eigenvalue weighted by atomic mass is 35.5. The molecule has 0 aliphatic heterocycles. The van der Waals surface area contributed by atoms with Crippen LogP contribution in [-0.2, 0) is 4.79 Å². The van der Waals surface area contributed by atoms with Crippen molar-refractivity contribution in [3.05, 3.63) is 29.3 Å². The second-order valence-corrected chi connectivity index (χ2v) is 5.32. The number of carbonyl (C=O) groups is 1. The van der Waals surface area contributed by atoms with Crippen LogP contribution < -0.4 is 0 Å².